The van der Waals surface area contributed by atoms with Gasteiger partial charge in [0.05, 0.1) is 11.7 Å². The lowest BCUT2D eigenvalue weighted by molar-refractivity contribution is -0.137. The predicted molar refractivity (Wildman–Crippen MR) is 97.8 cm³/mol. The molecule has 2 aliphatic heterocycles. The lowest BCUT2D eigenvalue weighted by Crippen LogP contribution is -2.58. The number of rotatable bonds is 5. The molecule has 2 aliphatic rings. The molecule has 2 saturated heterocycles. The number of likely N-dealkylation sites (tertiary alicyclic amines) is 1. The van der Waals surface area contributed by atoms with Crippen LogP contribution >= 0.6 is 0 Å². The monoisotopic (exact) mass is 343 g/mol. The second kappa shape index (κ2) is 7.56. The van der Waals surface area contributed by atoms with Crippen molar-refractivity contribution in [1.29, 1.82) is 0 Å². The minimum absolute atomic E-state index is 0.0728. The molecule has 0 saturated carbocycles. The molecule has 2 N–H and O–H groups in total. The Labute approximate surface area is 150 Å². The number of amides is 2. The van der Waals surface area contributed by atoms with Gasteiger partial charge in [-0.2, -0.15) is 0 Å². The van der Waals surface area contributed by atoms with Gasteiger partial charge in [0, 0.05) is 31.8 Å². The Bertz CT molecular complexity index is 605. The maximum Gasteiger partial charge on any atom is 0.238 e. The van der Waals surface area contributed by atoms with Crippen molar-refractivity contribution in [3.8, 4) is 0 Å². The Morgan fingerprint density at radius 1 is 1.20 bits per heavy atom. The standard InChI is InChI=1S/C20H29N3O2/c1-3-16(4-2)19(25)23-12-10-20(11-13-23)21-17(18(24)22-20)14-15-8-6-5-7-9-15/h5-9,16-17,21H,3-4,10-14H2,1-2H3,(H,22,24)/t17-/m1/s1. The predicted octanol–water partition coefficient (Wildman–Crippen LogP) is 2.07. The molecule has 0 aliphatic carbocycles. The Kier molecular flexibility index (Phi) is 5.42. The average Bonchev–Trinajstić information content (AvgIpc) is 2.92. The molecule has 0 aromatic heterocycles. The van der Waals surface area contributed by atoms with Gasteiger partial charge in [-0.15, -0.1) is 0 Å². The van der Waals surface area contributed by atoms with Gasteiger partial charge in [0.25, 0.3) is 0 Å². The molecule has 2 heterocycles. The van der Waals surface area contributed by atoms with Crippen LogP contribution in [0.3, 0.4) is 0 Å². The Balaban J connectivity index is 1.58. The Morgan fingerprint density at radius 2 is 1.84 bits per heavy atom. The van der Waals surface area contributed by atoms with Gasteiger partial charge in [0.15, 0.2) is 0 Å². The summed E-state index contributed by atoms with van der Waals surface area (Å²) in [5.74, 6) is 0.472. The van der Waals surface area contributed by atoms with Gasteiger partial charge in [-0.05, 0) is 24.8 Å². The second-order valence-electron chi connectivity index (χ2n) is 7.30. The number of hydrogen-bond donors (Lipinski definition) is 2. The summed E-state index contributed by atoms with van der Waals surface area (Å²) in [5.41, 5.74) is 0.815. The van der Waals surface area contributed by atoms with E-state index < -0.39 is 0 Å². The summed E-state index contributed by atoms with van der Waals surface area (Å²) in [4.78, 5) is 26.9. The molecular formula is C20H29N3O2. The summed E-state index contributed by atoms with van der Waals surface area (Å²) in [6.45, 7) is 5.57. The van der Waals surface area contributed by atoms with Gasteiger partial charge in [0.2, 0.25) is 11.8 Å². The molecule has 5 nitrogen and oxygen atoms in total. The highest BCUT2D eigenvalue weighted by Gasteiger charge is 2.45. The van der Waals surface area contributed by atoms with Crippen molar-refractivity contribution in [2.45, 2.75) is 57.7 Å². The van der Waals surface area contributed by atoms with E-state index in [1.165, 1.54) is 0 Å². The highest BCUT2D eigenvalue weighted by Crippen LogP contribution is 2.27. The van der Waals surface area contributed by atoms with Crippen molar-refractivity contribution < 1.29 is 9.59 Å². The molecule has 2 fully saturated rings. The summed E-state index contributed by atoms with van der Waals surface area (Å²) in [6, 6.07) is 9.90. The van der Waals surface area contributed by atoms with E-state index in [-0.39, 0.29) is 29.4 Å². The fourth-order valence-electron chi connectivity index (χ4n) is 4.03. The van der Waals surface area contributed by atoms with Gasteiger partial charge in [0.1, 0.15) is 0 Å². The summed E-state index contributed by atoms with van der Waals surface area (Å²) >= 11 is 0. The molecule has 0 unspecified atom stereocenters. The first-order chi connectivity index (χ1) is 12.1. The number of nitrogens with zero attached hydrogens (tertiary/aromatic N) is 1. The highest BCUT2D eigenvalue weighted by molar-refractivity contribution is 5.85. The lowest BCUT2D eigenvalue weighted by Gasteiger charge is -2.40. The van der Waals surface area contributed by atoms with E-state index in [0.717, 1.165) is 31.2 Å². The van der Waals surface area contributed by atoms with Crippen molar-refractivity contribution in [1.82, 2.24) is 15.5 Å². The van der Waals surface area contributed by atoms with E-state index in [9.17, 15) is 9.59 Å². The van der Waals surface area contributed by atoms with E-state index in [1.54, 1.807) is 0 Å². The van der Waals surface area contributed by atoms with Crippen LogP contribution in [-0.2, 0) is 16.0 Å². The van der Waals surface area contributed by atoms with Crippen molar-refractivity contribution in [3.05, 3.63) is 35.9 Å². The minimum atomic E-state index is -0.346. The van der Waals surface area contributed by atoms with Crippen LogP contribution < -0.4 is 10.6 Å². The quantitative estimate of drug-likeness (QED) is 0.860. The molecule has 1 aromatic carbocycles. The lowest BCUT2D eigenvalue weighted by atomic mass is 9.94. The van der Waals surface area contributed by atoms with Crippen molar-refractivity contribution >= 4 is 11.8 Å². The molecule has 3 rings (SSSR count). The molecular weight excluding hydrogens is 314 g/mol. The first-order valence-corrected chi connectivity index (χ1v) is 9.49. The average molecular weight is 343 g/mol. The summed E-state index contributed by atoms with van der Waals surface area (Å²) in [6.07, 6.45) is 4.03. The molecule has 5 heteroatoms. The van der Waals surface area contributed by atoms with E-state index in [2.05, 4.69) is 36.6 Å². The molecule has 1 spiro atoms. The second-order valence-corrected chi connectivity index (χ2v) is 7.30. The largest absolute Gasteiger partial charge is 0.342 e. The van der Waals surface area contributed by atoms with Crippen molar-refractivity contribution in [2.24, 2.45) is 5.92 Å². The molecule has 0 bridgehead atoms. The molecule has 1 atom stereocenters. The van der Waals surface area contributed by atoms with Crippen LogP contribution in [0.4, 0.5) is 0 Å². The number of carbonyl (C=O) groups is 2. The number of hydrogen-bond acceptors (Lipinski definition) is 3. The van der Waals surface area contributed by atoms with Gasteiger partial charge >= 0.3 is 0 Å². The Morgan fingerprint density at radius 3 is 2.44 bits per heavy atom. The zero-order valence-corrected chi connectivity index (χ0v) is 15.3. The van der Waals surface area contributed by atoms with Crippen LogP contribution in [0.15, 0.2) is 30.3 Å². The maximum absolute atomic E-state index is 12.6. The number of nitrogens with one attached hydrogen (secondary N) is 2. The van der Waals surface area contributed by atoms with E-state index in [1.807, 2.05) is 23.1 Å². The Hall–Kier alpha value is -1.88. The molecule has 0 radical (unpaired) electrons. The zero-order valence-electron chi connectivity index (χ0n) is 15.3. The first-order valence-electron chi connectivity index (χ1n) is 9.49. The minimum Gasteiger partial charge on any atom is -0.342 e. The summed E-state index contributed by atoms with van der Waals surface area (Å²) in [7, 11) is 0. The normalized spacial score (nSPS) is 22.4. The van der Waals surface area contributed by atoms with Crippen LogP contribution in [0.1, 0.15) is 45.1 Å². The molecule has 1 aromatic rings. The summed E-state index contributed by atoms with van der Waals surface area (Å²) in [5, 5.41) is 6.69. The molecule has 2 amide bonds. The van der Waals surface area contributed by atoms with Crippen LogP contribution in [0, 0.1) is 5.92 Å². The number of benzene rings is 1. The highest BCUT2D eigenvalue weighted by atomic mass is 16.2. The number of carbonyl (C=O) groups excluding carboxylic acids is 2. The maximum atomic E-state index is 12.6. The third-order valence-corrected chi connectivity index (χ3v) is 5.68. The SMILES string of the molecule is CCC(CC)C(=O)N1CCC2(CC1)NC(=O)[C@@H](Cc1ccccc1)N2. The van der Waals surface area contributed by atoms with Crippen LogP contribution in [0.2, 0.25) is 0 Å². The van der Waals surface area contributed by atoms with E-state index in [4.69, 9.17) is 0 Å². The zero-order chi connectivity index (χ0) is 17.9. The van der Waals surface area contributed by atoms with Crippen molar-refractivity contribution in [3.63, 3.8) is 0 Å². The van der Waals surface area contributed by atoms with E-state index in [0.29, 0.717) is 19.5 Å². The van der Waals surface area contributed by atoms with Crippen molar-refractivity contribution in [2.75, 3.05) is 13.1 Å². The van der Waals surface area contributed by atoms with Crippen LogP contribution in [0.5, 0.6) is 0 Å². The third kappa shape index (κ3) is 3.87. The topological polar surface area (TPSA) is 61.4 Å². The van der Waals surface area contributed by atoms with Gasteiger partial charge in [-0.3, -0.25) is 14.9 Å². The summed E-state index contributed by atoms with van der Waals surface area (Å²) < 4.78 is 0. The third-order valence-electron chi connectivity index (χ3n) is 5.68. The smallest absolute Gasteiger partial charge is 0.238 e. The van der Waals surface area contributed by atoms with Crippen LogP contribution in [-0.4, -0.2) is 41.5 Å². The molecule has 25 heavy (non-hydrogen) atoms. The number of piperidine rings is 1. The first kappa shape index (κ1) is 17.9. The fourth-order valence-corrected chi connectivity index (χ4v) is 4.03. The van der Waals surface area contributed by atoms with Crippen LogP contribution in [0.25, 0.3) is 0 Å². The fraction of sp³-hybridized carbons (Fsp3) is 0.600. The van der Waals surface area contributed by atoms with Gasteiger partial charge in [-0.25, -0.2) is 0 Å². The van der Waals surface area contributed by atoms with Gasteiger partial charge < -0.3 is 10.2 Å². The molecule has 136 valence electrons. The van der Waals surface area contributed by atoms with Gasteiger partial charge in [-0.1, -0.05) is 44.2 Å². The van der Waals surface area contributed by atoms with E-state index >= 15 is 0 Å².